The SMILES string of the molecule is CSCCC(N)C(=O)O.O=S(=O)(O)O.[Fe]. The summed E-state index contributed by atoms with van der Waals surface area (Å²) in [6.45, 7) is 0. The molecular formula is C5H13FeNO6S2. The molecule has 0 fully saturated rings. The summed E-state index contributed by atoms with van der Waals surface area (Å²) in [6.07, 6.45) is 2.48. The van der Waals surface area contributed by atoms with Gasteiger partial charge in [0.05, 0.1) is 0 Å². The topological polar surface area (TPSA) is 138 Å². The molecule has 0 radical (unpaired) electrons. The average molecular weight is 303 g/mol. The number of carboxylic acid groups (broad SMARTS) is 1. The Morgan fingerprint density at radius 2 is 1.80 bits per heavy atom. The predicted molar refractivity (Wildman–Crippen MR) is 52.8 cm³/mol. The van der Waals surface area contributed by atoms with Crippen LogP contribution >= 0.6 is 11.8 Å². The molecule has 1 unspecified atom stereocenters. The summed E-state index contributed by atoms with van der Waals surface area (Å²) in [5.74, 6) is -0.1000. The fourth-order valence-electron chi connectivity index (χ4n) is 0.368. The summed E-state index contributed by atoms with van der Waals surface area (Å²) in [4.78, 5) is 10.1. The van der Waals surface area contributed by atoms with Crippen LogP contribution in [0.3, 0.4) is 0 Å². The van der Waals surface area contributed by atoms with Gasteiger partial charge in [-0.1, -0.05) is 0 Å². The van der Waals surface area contributed by atoms with Crippen molar-refractivity contribution in [2.24, 2.45) is 5.73 Å². The Hall–Kier alpha value is 0.169. The van der Waals surface area contributed by atoms with Crippen LogP contribution in [0.4, 0.5) is 0 Å². The van der Waals surface area contributed by atoms with Gasteiger partial charge in [0.2, 0.25) is 0 Å². The molecule has 5 N–H and O–H groups in total. The molecule has 15 heavy (non-hydrogen) atoms. The van der Waals surface area contributed by atoms with Crippen LogP contribution in [-0.4, -0.2) is 46.6 Å². The second-order valence-corrected chi connectivity index (χ2v) is 4.06. The van der Waals surface area contributed by atoms with E-state index in [1.54, 1.807) is 11.8 Å². The van der Waals surface area contributed by atoms with E-state index in [2.05, 4.69) is 0 Å². The van der Waals surface area contributed by atoms with E-state index in [9.17, 15) is 4.79 Å². The van der Waals surface area contributed by atoms with Crippen molar-refractivity contribution in [3.63, 3.8) is 0 Å². The first-order valence-electron chi connectivity index (χ1n) is 3.35. The molecule has 0 saturated heterocycles. The van der Waals surface area contributed by atoms with Crippen LogP contribution in [0, 0.1) is 0 Å². The van der Waals surface area contributed by atoms with E-state index in [0.29, 0.717) is 6.42 Å². The third-order valence-corrected chi connectivity index (χ3v) is 1.59. The summed E-state index contributed by atoms with van der Waals surface area (Å²) in [7, 11) is -4.67. The molecule has 0 aromatic rings. The van der Waals surface area contributed by atoms with Crippen LogP contribution in [0.2, 0.25) is 0 Å². The van der Waals surface area contributed by atoms with Gasteiger partial charge in [0.15, 0.2) is 0 Å². The minimum atomic E-state index is -4.67. The van der Waals surface area contributed by atoms with Gasteiger partial charge in [-0.05, 0) is 18.4 Å². The molecule has 0 bridgehead atoms. The molecule has 0 spiro atoms. The van der Waals surface area contributed by atoms with Crippen LogP contribution in [0.25, 0.3) is 0 Å². The Kier molecular flexibility index (Phi) is 14.6. The quantitative estimate of drug-likeness (QED) is 0.402. The zero-order valence-electron chi connectivity index (χ0n) is 7.81. The number of rotatable bonds is 4. The van der Waals surface area contributed by atoms with Gasteiger partial charge in [0.1, 0.15) is 6.04 Å². The van der Waals surface area contributed by atoms with E-state index in [4.69, 9.17) is 28.4 Å². The molecule has 0 saturated carbocycles. The first-order chi connectivity index (χ1) is 6.18. The Labute approximate surface area is 103 Å². The molecule has 0 heterocycles. The Bertz CT molecular complexity index is 248. The first-order valence-corrected chi connectivity index (χ1v) is 6.14. The molecule has 10 heteroatoms. The normalized spacial score (nSPS) is 11.7. The second kappa shape index (κ2) is 10.7. The van der Waals surface area contributed by atoms with Crippen molar-refractivity contribution in [1.29, 1.82) is 0 Å². The zero-order valence-corrected chi connectivity index (χ0v) is 10.5. The molecule has 0 aliphatic heterocycles. The van der Waals surface area contributed by atoms with Crippen molar-refractivity contribution in [2.45, 2.75) is 12.5 Å². The summed E-state index contributed by atoms with van der Waals surface area (Å²) >= 11 is 1.60. The van der Waals surface area contributed by atoms with E-state index < -0.39 is 22.4 Å². The van der Waals surface area contributed by atoms with Crippen LogP contribution in [0.15, 0.2) is 0 Å². The zero-order chi connectivity index (χ0) is 11.8. The van der Waals surface area contributed by atoms with Crippen LogP contribution < -0.4 is 5.73 Å². The van der Waals surface area contributed by atoms with Crippen LogP contribution in [0.5, 0.6) is 0 Å². The minimum Gasteiger partial charge on any atom is -0.480 e. The standard InChI is InChI=1S/C5H11NO2S.Fe.H2O4S/c1-9-3-2-4(6)5(7)8;;1-5(2,3)4/h4H,2-3,6H2,1H3,(H,7,8);;(H2,1,2,3,4). The molecule has 1 atom stereocenters. The van der Waals surface area contributed by atoms with Gasteiger partial charge in [0.25, 0.3) is 0 Å². The number of carboxylic acids is 1. The molecule has 0 aromatic heterocycles. The third kappa shape index (κ3) is 31.4. The van der Waals surface area contributed by atoms with E-state index in [0.717, 1.165) is 5.75 Å². The number of carbonyl (C=O) groups is 1. The third-order valence-electron chi connectivity index (χ3n) is 0.950. The predicted octanol–water partition coefficient (Wildman–Crippen LogP) is -0.504. The van der Waals surface area contributed by atoms with Gasteiger partial charge < -0.3 is 10.8 Å². The fraction of sp³-hybridized carbons (Fsp3) is 0.800. The Balaban J connectivity index is -0.000000208. The largest absolute Gasteiger partial charge is 0.480 e. The van der Waals surface area contributed by atoms with Gasteiger partial charge in [-0.2, -0.15) is 20.2 Å². The van der Waals surface area contributed by atoms with E-state index in [1.165, 1.54) is 0 Å². The first kappa shape index (κ1) is 20.6. The van der Waals surface area contributed by atoms with Crippen molar-refractivity contribution >= 4 is 28.1 Å². The van der Waals surface area contributed by atoms with Crippen molar-refractivity contribution in [2.75, 3.05) is 12.0 Å². The monoisotopic (exact) mass is 303 g/mol. The molecule has 94 valence electrons. The Morgan fingerprint density at radius 1 is 1.47 bits per heavy atom. The second-order valence-electron chi connectivity index (χ2n) is 2.17. The van der Waals surface area contributed by atoms with Crippen LogP contribution in [-0.2, 0) is 32.3 Å². The van der Waals surface area contributed by atoms with Crippen molar-refractivity contribution < 1.29 is 44.5 Å². The average Bonchev–Trinajstić information content (AvgIpc) is 1.96. The maximum atomic E-state index is 10.1. The smallest absolute Gasteiger partial charge is 0.394 e. The van der Waals surface area contributed by atoms with Gasteiger partial charge >= 0.3 is 16.4 Å². The molecule has 0 aromatic carbocycles. The fourth-order valence-corrected chi connectivity index (χ4v) is 0.858. The number of hydrogen-bond donors (Lipinski definition) is 4. The van der Waals surface area contributed by atoms with Crippen molar-refractivity contribution in [1.82, 2.24) is 0 Å². The van der Waals surface area contributed by atoms with Gasteiger partial charge in [-0.15, -0.1) is 0 Å². The summed E-state index contributed by atoms with van der Waals surface area (Å²) in [5, 5.41) is 8.27. The van der Waals surface area contributed by atoms with Crippen molar-refractivity contribution in [3.8, 4) is 0 Å². The number of hydrogen-bond acceptors (Lipinski definition) is 5. The Morgan fingerprint density at radius 3 is 2.00 bits per heavy atom. The minimum absolute atomic E-state index is 0. The molecule has 0 rings (SSSR count). The van der Waals surface area contributed by atoms with Crippen LogP contribution in [0.1, 0.15) is 6.42 Å². The van der Waals surface area contributed by atoms with Gasteiger partial charge in [-0.25, -0.2) is 0 Å². The van der Waals surface area contributed by atoms with Crippen molar-refractivity contribution in [3.05, 3.63) is 0 Å². The number of thioether (sulfide) groups is 1. The maximum Gasteiger partial charge on any atom is 0.394 e. The number of nitrogens with two attached hydrogens (primary N) is 1. The molecule has 0 aliphatic carbocycles. The summed E-state index contributed by atoms with van der Waals surface area (Å²) < 4.78 is 31.6. The van der Waals surface area contributed by atoms with Gasteiger partial charge in [-0.3, -0.25) is 13.9 Å². The summed E-state index contributed by atoms with van der Waals surface area (Å²) in [6, 6.07) is -0.683. The maximum absolute atomic E-state index is 10.1. The van der Waals surface area contributed by atoms with Gasteiger partial charge in [0, 0.05) is 17.1 Å². The molecule has 7 nitrogen and oxygen atoms in total. The molecular weight excluding hydrogens is 290 g/mol. The van der Waals surface area contributed by atoms with E-state index in [1.807, 2.05) is 6.26 Å². The molecule has 0 amide bonds. The molecule has 0 aliphatic rings. The number of aliphatic carboxylic acids is 1. The van der Waals surface area contributed by atoms with E-state index >= 15 is 0 Å². The summed E-state index contributed by atoms with van der Waals surface area (Å²) in [5.41, 5.74) is 5.19. The van der Waals surface area contributed by atoms with E-state index in [-0.39, 0.29) is 17.1 Å².